The van der Waals surface area contributed by atoms with Gasteiger partial charge in [0.2, 0.25) is 5.76 Å². The van der Waals surface area contributed by atoms with Crippen molar-refractivity contribution in [1.82, 2.24) is 0 Å². The first-order valence-corrected chi connectivity index (χ1v) is 15.2. The summed E-state index contributed by atoms with van der Waals surface area (Å²) in [6, 6.07) is 6.84. The summed E-state index contributed by atoms with van der Waals surface area (Å²) in [6.45, 7) is 11.9. The molecule has 3 heterocycles. The first-order chi connectivity index (χ1) is 16.3. The van der Waals surface area contributed by atoms with Gasteiger partial charge in [-0.15, -0.1) is 0 Å². The predicted octanol–water partition coefficient (Wildman–Crippen LogP) is 5.50. The number of hydrogen-bond donors (Lipinski definition) is 1. The molecule has 5 nitrogen and oxygen atoms in total. The Hall–Kier alpha value is -3.12. The third-order valence-electron chi connectivity index (χ3n) is 7.42. The van der Waals surface area contributed by atoms with Crippen molar-refractivity contribution in [3.8, 4) is 0 Å². The van der Waals surface area contributed by atoms with Crippen molar-refractivity contribution in [3.05, 3.63) is 75.9 Å². The summed E-state index contributed by atoms with van der Waals surface area (Å²) in [5, 5.41) is 12.4. The van der Waals surface area contributed by atoms with Gasteiger partial charge in [-0.1, -0.05) is 38.6 Å². The number of furan rings is 1. The van der Waals surface area contributed by atoms with Crippen molar-refractivity contribution in [2.24, 2.45) is 4.99 Å². The molecule has 3 aliphatic rings. The molecule has 0 atom stereocenters. The molecule has 0 spiro atoms. The summed E-state index contributed by atoms with van der Waals surface area (Å²) in [7, 11) is -2.04. The highest BCUT2D eigenvalue weighted by atomic mass is 28.3. The van der Waals surface area contributed by atoms with Gasteiger partial charge in [-0.2, -0.15) is 0 Å². The number of anilines is 1. The quantitative estimate of drug-likeness (QED) is 0.445. The van der Waals surface area contributed by atoms with Crippen LogP contribution in [0.2, 0.25) is 13.1 Å². The molecule has 0 saturated carbocycles. The Morgan fingerprint density at radius 2 is 2.00 bits per heavy atom. The van der Waals surface area contributed by atoms with E-state index < -0.39 is 14.0 Å². The summed E-state index contributed by atoms with van der Waals surface area (Å²) in [6.07, 6.45) is 11.6. The van der Waals surface area contributed by atoms with Crippen LogP contribution >= 0.6 is 0 Å². The van der Waals surface area contributed by atoms with Crippen molar-refractivity contribution >= 4 is 36.2 Å². The molecule has 1 fully saturated rings. The molecule has 0 radical (unpaired) electrons. The Bertz CT molecular complexity index is 1290. The number of rotatable bonds is 6. The molecular formula is C28H32N2O3Si. The van der Waals surface area contributed by atoms with E-state index in [1.165, 1.54) is 33.6 Å². The second kappa shape index (κ2) is 8.58. The van der Waals surface area contributed by atoms with Gasteiger partial charge in [-0.05, 0) is 71.1 Å². The lowest BCUT2D eigenvalue weighted by Crippen LogP contribution is -2.50. The lowest BCUT2D eigenvalue weighted by molar-refractivity contribution is 0.0661. The van der Waals surface area contributed by atoms with Gasteiger partial charge in [0.25, 0.3) is 0 Å². The van der Waals surface area contributed by atoms with Crippen LogP contribution < -0.4 is 10.1 Å². The highest BCUT2D eigenvalue weighted by Gasteiger charge is 2.40. The zero-order valence-electron chi connectivity index (χ0n) is 20.4. The number of fused-ring (bicyclic) bond motifs is 2. The van der Waals surface area contributed by atoms with Gasteiger partial charge < -0.3 is 14.4 Å². The minimum Gasteiger partial charge on any atom is -0.475 e. The Morgan fingerprint density at radius 1 is 1.21 bits per heavy atom. The van der Waals surface area contributed by atoms with E-state index in [1.807, 2.05) is 6.92 Å². The third-order valence-corrected chi connectivity index (χ3v) is 10.9. The molecule has 5 rings (SSSR count). The zero-order chi connectivity index (χ0) is 24.0. The number of unbranched alkanes of at least 4 members (excludes halogenated alkanes) is 1. The average Bonchev–Trinajstić information content (AvgIpc) is 3.15. The van der Waals surface area contributed by atoms with Crippen molar-refractivity contribution in [2.45, 2.75) is 46.2 Å². The van der Waals surface area contributed by atoms with E-state index in [-0.39, 0.29) is 5.76 Å². The average molecular weight is 473 g/mol. The molecule has 176 valence electrons. The van der Waals surface area contributed by atoms with Crippen LogP contribution in [0, 0.1) is 6.92 Å². The standard InChI is InChI=1S/C28H32N2O3Si/c1-5-6-12-29-19-8-10-21-24(15-19)34(3,4)25-16-20(30-13-7-14-30)9-11-22(25)26(21)23-17-33-27(18(23)2)28(31)32/h8-11,15-17H,5-7,12-14H2,1-4H3,(H,31,32)/b29-19-. The van der Waals surface area contributed by atoms with Crippen LogP contribution in [0.4, 0.5) is 5.69 Å². The molecule has 1 N–H and O–H groups in total. The highest BCUT2D eigenvalue weighted by molar-refractivity contribution is 6.98. The minimum atomic E-state index is -2.04. The van der Waals surface area contributed by atoms with Crippen molar-refractivity contribution in [1.29, 1.82) is 0 Å². The zero-order valence-corrected chi connectivity index (χ0v) is 21.4. The second-order valence-electron chi connectivity index (χ2n) is 9.94. The number of aliphatic imine (C=N–C) groups is 1. The van der Waals surface area contributed by atoms with E-state index in [2.05, 4.69) is 61.3 Å². The maximum Gasteiger partial charge on any atom is 0.372 e. The van der Waals surface area contributed by atoms with Crippen LogP contribution in [-0.2, 0) is 0 Å². The minimum absolute atomic E-state index is 0.0102. The normalized spacial score (nSPS) is 19.6. The van der Waals surface area contributed by atoms with Gasteiger partial charge in [0.15, 0.2) is 0 Å². The summed E-state index contributed by atoms with van der Waals surface area (Å²) >= 11 is 0. The highest BCUT2D eigenvalue weighted by Crippen LogP contribution is 2.43. The molecular weight excluding hydrogens is 440 g/mol. The summed E-state index contributed by atoms with van der Waals surface area (Å²) < 4.78 is 5.53. The Morgan fingerprint density at radius 3 is 2.65 bits per heavy atom. The van der Waals surface area contributed by atoms with Crippen LogP contribution in [0.1, 0.15) is 53.4 Å². The number of carboxylic acid groups (broad SMARTS) is 1. The SMILES string of the molecule is CCCC/N=C1/C=CC2=C(c3coc(C(=O)O)c3C)c3ccc(N4CCC4)cc3[Si](C)(C)C2=C1. The first kappa shape index (κ1) is 22.7. The van der Waals surface area contributed by atoms with Crippen molar-refractivity contribution in [2.75, 3.05) is 24.5 Å². The molecule has 34 heavy (non-hydrogen) atoms. The fraction of sp³-hybridized carbons (Fsp3) is 0.357. The van der Waals surface area contributed by atoms with Gasteiger partial charge >= 0.3 is 5.97 Å². The number of carboxylic acids is 1. The number of allylic oxidation sites excluding steroid dienone is 5. The molecule has 0 amide bonds. The fourth-order valence-electron chi connectivity index (χ4n) is 5.22. The van der Waals surface area contributed by atoms with Crippen LogP contribution in [0.3, 0.4) is 0 Å². The summed E-state index contributed by atoms with van der Waals surface area (Å²) in [4.78, 5) is 19.0. The smallest absolute Gasteiger partial charge is 0.372 e. The Balaban J connectivity index is 1.74. The molecule has 0 bridgehead atoms. The lowest BCUT2D eigenvalue weighted by Gasteiger charge is -2.40. The van der Waals surface area contributed by atoms with E-state index in [0.29, 0.717) is 5.56 Å². The molecule has 2 aliphatic heterocycles. The van der Waals surface area contributed by atoms with Gasteiger partial charge in [0, 0.05) is 36.4 Å². The molecule has 1 aliphatic carbocycles. The molecule has 6 heteroatoms. The maximum atomic E-state index is 11.7. The van der Waals surface area contributed by atoms with E-state index in [1.54, 1.807) is 6.26 Å². The van der Waals surface area contributed by atoms with Crippen LogP contribution in [-0.4, -0.2) is 44.5 Å². The number of carbonyl (C=O) groups is 1. The van der Waals surface area contributed by atoms with E-state index in [4.69, 9.17) is 9.41 Å². The van der Waals surface area contributed by atoms with Crippen molar-refractivity contribution in [3.63, 3.8) is 0 Å². The molecule has 2 aromatic rings. The first-order valence-electron chi connectivity index (χ1n) is 12.2. The number of aromatic carboxylic acids is 1. The van der Waals surface area contributed by atoms with Crippen LogP contribution in [0.5, 0.6) is 0 Å². The van der Waals surface area contributed by atoms with Crippen LogP contribution in [0.25, 0.3) is 5.57 Å². The second-order valence-corrected chi connectivity index (χ2v) is 14.3. The Labute approximate surface area is 202 Å². The summed E-state index contributed by atoms with van der Waals surface area (Å²) in [5.74, 6) is -1.02. The van der Waals surface area contributed by atoms with Crippen LogP contribution in [0.15, 0.2) is 62.9 Å². The molecule has 1 aromatic heterocycles. The van der Waals surface area contributed by atoms with Gasteiger partial charge in [-0.25, -0.2) is 4.79 Å². The lowest BCUT2D eigenvalue weighted by atomic mass is 9.89. The summed E-state index contributed by atoms with van der Waals surface area (Å²) in [5.41, 5.74) is 7.29. The monoisotopic (exact) mass is 472 g/mol. The predicted molar refractivity (Wildman–Crippen MR) is 141 cm³/mol. The van der Waals surface area contributed by atoms with Gasteiger partial charge in [0.05, 0.1) is 12.0 Å². The van der Waals surface area contributed by atoms with Gasteiger partial charge in [-0.3, -0.25) is 4.99 Å². The van der Waals surface area contributed by atoms with E-state index in [9.17, 15) is 9.90 Å². The third kappa shape index (κ3) is 3.61. The number of nitrogens with zero attached hydrogens (tertiary/aromatic N) is 2. The molecule has 1 aromatic carbocycles. The maximum absolute atomic E-state index is 11.7. The van der Waals surface area contributed by atoms with E-state index in [0.717, 1.165) is 49.3 Å². The topological polar surface area (TPSA) is 66.0 Å². The molecule has 1 saturated heterocycles. The Kier molecular flexibility index (Phi) is 5.72. The molecule has 0 unspecified atom stereocenters. The van der Waals surface area contributed by atoms with E-state index >= 15 is 0 Å². The van der Waals surface area contributed by atoms with Crippen molar-refractivity contribution < 1.29 is 14.3 Å². The number of benzene rings is 1. The number of hydrogen-bond acceptors (Lipinski definition) is 4. The van der Waals surface area contributed by atoms with Gasteiger partial charge in [0.1, 0.15) is 8.07 Å². The fourth-order valence-corrected chi connectivity index (χ4v) is 8.30. The largest absolute Gasteiger partial charge is 0.475 e.